The number of piperazine rings is 1. The molecule has 0 unspecified atom stereocenters. The van der Waals surface area contributed by atoms with Crippen molar-refractivity contribution in [2.24, 2.45) is 0 Å². The molecular formula is C18H19FN2O3. The predicted octanol–water partition coefficient (Wildman–Crippen LogP) is 2.50. The molecule has 0 aromatic heterocycles. The first-order chi connectivity index (χ1) is 11.6. The van der Waals surface area contributed by atoms with Crippen LogP contribution in [0.5, 0.6) is 11.5 Å². The minimum absolute atomic E-state index is 0.0830. The molecule has 5 nitrogen and oxygen atoms in total. The molecule has 6 heteroatoms. The number of carbonyl (C=O) groups excluding carboxylic acids is 1. The minimum Gasteiger partial charge on any atom is -0.507 e. The van der Waals surface area contributed by atoms with Gasteiger partial charge in [-0.15, -0.1) is 0 Å². The van der Waals surface area contributed by atoms with E-state index in [0.29, 0.717) is 31.9 Å². The lowest BCUT2D eigenvalue weighted by molar-refractivity contribution is 0.0743. The highest BCUT2D eigenvalue weighted by Gasteiger charge is 2.24. The second-order valence-corrected chi connectivity index (χ2v) is 5.64. The summed E-state index contributed by atoms with van der Waals surface area (Å²) >= 11 is 0. The maximum Gasteiger partial charge on any atom is 0.257 e. The molecule has 1 fully saturated rings. The first-order valence-corrected chi connectivity index (χ1v) is 7.75. The van der Waals surface area contributed by atoms with Crippen LogP contribution in [0.3, 0.4) is 0 Å². The molecule has 3 rings (SSSR count). The fourth-order valence-corrected chi connectivity index (χ4v) is 2.81. The van der Waals surface area contributed by atoms with E-state index in [1.807, 2.05) is 0 Å². The van der Waals surface area contributed by atoms with Gasteiger partial charge in [-0.1, -0.05) is 0 Å². The number of hydrogen-bond donors (Lipinski definition) is 1. The monoisotopic (exact) mass is 330 g/mol. The number of phenols is 1. The van der Waals surface area contributed by atoms with Gasteiger partial charge in [-0.2, -0.15) is 0 Å². The third-order valence-corrected chi connectivity index (χ3v) is 4.19. The Bertz CT molecular complexity index is 726. The van der Waals surface area contributed by atoms with Crippen LogP contribution in [-0.4, -0.2) is 49.2 Å². The fourth-order valence-electron chi connectivity index (χ4n) is 2.81. The van der Waals surface area contributed by atoms with Gasteiger partial charge < -0.3 is 19.6 Å². The van der Waals surface area contributed by atoms with E-state index in [0.717, 1.165) is 5.69 Å². The molecule has 0 spiro atoms. The van der Waals surface area contributed by atoms with Crippen molar-refractivity contribution in [3.8, 4) is 11.5 Å². The highest BCUT2D eigenvalue weighted by Crippen LogP contribution is 2.25. The molecule has 1 heterocycles. The topological polar surface area (TPSA) is 53.0 Å². The summed E-state index contributed by atoms with van der Waals surface area (Å²) in [6.45, 7) is 2.41. The molecule has 0 bridgehead atoms. The largest absolute Gasteiger partial charge is 0.507 e. The quantitative estimate of drug-likeness (QED) is 0.939. The van der Waals surface area contributed by atoms with Gasteiger partial charge in [-0.25, -0.2) is 4.39 Å². The van der Waals surface area contributed by atoms with Crippen molar-refractivity contribution in [3.05, 3.63) is 53.8 Å². The second-order valence-electron chi connectivity index (χ2n) is 5.64. The fraction of sp³-hybridized carbons (Fsp3) is 0.278. The number of methoxy groups -OCH3 is 1. The molecule has 0 aliphatic carbocycles. The summed E-state index contributed by atoms with van der Waals surface area (Å²) in [6.07, 6.45) is 0. The normalized spacial score (nSPS) is 14.6. The molecule has 1 saturated heterocycles. The summed E-state index contributed by atoms with van der Waals surface area (Å²) in [5.74, 6) is -0.0399. The molecule has 1 amide bonds. The van der Waals surface area contributed by atoms with E-state index >= 15 is 0 Å². The van der Waals surface area contributed by atoms with Crippen LogP contribution in [0.2, 0.25) is 0 Å². The van der Waals surface area contributed by atoms with Gasteiger partial charge in [-0.3, -0.25) is 4.79 Å². The Morgan fingerprint density at radius 2 is 1.75 bits per heavy atom. The summed E-state index contributed by atoms with van der Waals surface area (Å²) in [6, 6.07) is 11.0. The van der Waals surface area contributed by atoms with E-state index < -0.39 is 0 Å². The van der Waals surface area contributed by atoms with Crippen molar-refractivity contribution in [1.82, 2.24) is 4.90 Å². The smallest absolute Gasteiger partial charge is 0.257 e. The Kier molecular flexibility index (Phi) is 4.55. The summed E-state index contributed by atoms with van der Waals surface area (Å²) in [7, 11) is 1.50. The molecule has 126 valence electrons. The number of nitrogens with zero attached hydrogens (tertiary/aromatic N) is 2. The lowest BCUT2D eigenvalue weighted by atomic mass is 10.1. The molecular weight excluding hydrogens is 311 g/mol. The Morgan fingerprint density at radius 3 is 2.33 bits per heavy atom. The van der Waals surface area contributed by atoms with Gasteiger partial charge in [-0.05, 0) is 36.4 Å². The summed E-state index contributed by atoms with van der Waals surface area (Å²) in [5.41, 5.74) is 1.21. The van der Waals surface area contributed by atoms with Crippen LogP contribution in [-0.2, 0) is 0 Å². The third kappa shape index (κ3) is 3.27. The maximum absolute atomic E-state index is 13.0. The molecule has 0 atom stereocenters. The van der Waals surface area contributed by atoms with Gasteiger partial charge in [0.15, 0.2) is 0 Å². The van der Waals surface area contributed by atoms with Gasteiger partial charge in [0.25, 0.3) is 5.91 Å². The Balaban J connectivity index is 1.66. The number of rotatable bonds is 3. The van der Waals surface area contributed by atoms with Crippen molar-refractivity contribution in [1.29, 1.82) is 0 Å². The standard InChI is InChI=1S/C18H19FN2O3/c1-24-15-6-7-16(17(22)12-15)18(23)21-10-8-20(9-11-21)14-4-2-13(19)3-5-14/h2-7,12,22H,8-11H2,1H3. The van der Waals surface area contributed by atoms with Gasteiger partial charge in [0, 0.05) is 37.9 Å². The zero-order valence-corrected chi connectivity index (χ0v) is 13.4. The van der Waals surface area contributed by atoms with Crippen molar-refractivity contribution in [2.45, 2.75) is 0 Å². The molecule has 1 aliphatic heterocycles. The highest BCUT2D eigenvalue weighted by atomic mass is 19.1. The van der Waals surface area contributed by atoms with Crippen molar-refractivity contribution in [3.63, 3.8) is 0 Å². The van der Waals surface area contributed by atoms with Gasteiger partial charge in [0.05, 0.1) is 12.7 Å². The van der Waals surface area contributed by atoms with Crippen LogP contribution >= 0.6 is 0 Å². The Labute approximate surface area is 139 Å². The summed E-state index contributed by atoms with van der Waals surface area (Å²) < 4.78 is 18.0. The first-order valence-electron chi connectivity index (χ1n) is 7.75. The van der Waals surface area contributed by atoms with Crippen LogP contribution in [0.4, 0.5) is 10.1 Å². The number of halogens is 1. The zero-order valence-electron chi connectivity index (χ0n) is 13.4. The van der Waals surface area contributed by atoms with E-state index in [9.17, 15) is 14.3 Å². The number of anilines is 1. The lowest BCUT2D eigenvalue weighted by Crippen LogP contribution is -2.48. The number of amides is 1. The molecule has 2 aromatic carbocycles. The summed E-state index contributed by atoms with van der Waals surface area (Å²) in [4.78, 5) is 16.4. The van der Waals surface area contributed by atoms with Crippen molar-refractivity contribution < 1.29 is 19.0 Å². The van der Waals surface area contributed by atoms with Crippen LogP contribution in [0.1, 0.15) is 10.4 Å². The van der Waals surface area contributed by atoms with Gasteiger partial charge >= 0.3 is 0 Å². The van der Waals surface area contributed by atoms with E-state index in [1.54, 1.807) is 29.2 Å². The third-order valence-electron chi connectivity index (χ3n) is 4.19. The van der Waals surface area contributed by atoms with Crippen molar-refractivity contribution in [2.75, 3.05) is 38.2 Å². The molecule has 1 aliphatic rings. The average Bonchev–Trinajstić information content (AvgIpc) is 2.62. The van der Waals surface area contributed by atoms with Crippen LogP contribution in [0.25, 0.3) is 0 Å². The lowest BCUT2D eigenvalue weighted by Gasteiger charge is -2.36. The molecule has 24 heavy (non-hydrogen) atoms. The molecule has 1 N–H and O–H groups in total. The molecule has 0 radical (unpaired) electrons. The number of carbonyl (C=O) groups is 1. The maximum atomic E-state index is 13.0. The van der Waals surface area contributed by atoms with Crippen molar-refractivity contribution >= 4 is 11.6 Å². The van der Waals surface area contributed by atoms with E-state index in [4.69, 9.17) is 4.74 Å². The highest BCUT2D eigenvalue weighted by molar-refractivity contribution is 5.97. The zero-order chi connectivity index (χ0) is 17.1. The molecule has 2 aromatic rings. The SMILES string of the molecule is COc1ccc(C(=O)N2CCN(c3ccc(F)cc3)CC2)c(O)c1. The molecule has 0 saturated carbocycles. The predicted molar refractivity (Wildman–Crippen MR) is 89.2 cm³/mol. The van der Waals surface area contributed by atoms with Crippen LogP contribution in [0, 0.1) is 5.82 Å². The second kappa shape index (κ2) is 6.78. The minimum atomic E-state index is -0.262. The number of benzene rings is 2. The number of hydrogen-bond acceptors (Lipinski definition) is 4. The van der Waals surface area contributed by atoms with Gasteiger partial charge in [0.2, 0.25) is 0 Å². The Hall–Kier alpha value is -2.76. The van der Waals surface area contributed by atoms with E-state index in [1.165, 1.54) is 25.3 Å². The van der Waals surface area contributed by atoms with Crippen LogP contribution < -0.4 is 9.64 Å². The average molecular weight is 330 g/mol. The van der Waals surface area contributed by atoms with Gasteiger partial charge in [0.1, 0.15) is 17.3 Å². The van der Waals surface area contributed by atoms with E-state index in [-0.39, 0.29) is 23.0 Å². The van der Waals surface area contributed by atoms with E-state index in [2.05, 4.69) is 4.90 Å². The number of aromatic hydroxyl groups is 1. The summed E-state index contributed by atoms with van der Waals surface area (Å²) in [5, 5.41) is 10.0. The van der Waals surface area contributed by atoms with Crippen LogP contribution in [0.15, 0.2) is 42.5 Å². The number of phenolic OH excluding ortho intramolecular Hbond substituents is 1. The number of ether oxygens (including phenoxy) is 1. The Morgan fingerprint density at radius 1 is 1.08 bits per heavy atom. The first kappa shape index (κ1) is 16.1.